The summed E-state index contributed by atoms with van der Waals surface area (Å²) in [5, 5.41) is 4.11. The van der Waals surface area contributed by atoms with Crippen molar-refractivity contribution in [2.75, 3.05) is 26.9 Å². The van der Waals surface area contributed by atoms with Gasteiger partial charge in [-0.25, -0.2) is 0 Å². The molecule has 0 aromatic carbocycles. The van der Waals surface area contributed by atoms with E-state index in [9.17, 15) is 0 Å². The van der Waals surface area contributed by atoms with Crippen LogP contribution in [0.15, 0.2) is 26.8 Å². The van der Waals surface area contributed by atoms with Gasteiger partial charge in [-0.3, -0.25) is 0 Å². The van der Waals surface area contributed by atoms with Crippen LogP contribution >= 0.6 is 11.6 Å². The fourth-order valence-corrected chi connectivity index (χ4v) is 2.38. The molecule has 0 radical (unpaired) electrons. The maximum atomic E-state index is 6.02. The summed E-state index contributed by atoms with van der Waals surface area (Å²) >= 11 is 6.02. The third-order valence-electron chi connectivity index (χ3n) is 3.10. The Labute approximate surface area is 123 Å². The highest BCUT2D eigenvalue weighted by atomic mass is 35.5. The van der Waals surface area contributed by atoms with Crippen LogP contribution in [-0.2, 0) is 9.57 Å². The topological polar surface area (TPSA) is 58.8 Å². The molecule has 2 aliphatic rings. The van der Waals surface area contributed by atoms with Crippen LogP contribution in [0.3, 0.4) is 0 Å². The third kappa shape index (κ3) is 3.19. The van der Waals surface area contributed by atoms with Crippen molar-refractivity contribution in [3.8, 4) is 0 Å². The zero-order valence-corrected chi connectivity index (χ0v) is 12.7. The first kappa shape index (κ1) is 15.0. The van der Waals surface area contributed by atoms with Gasteiger partial charge in [0.15, 0.2) is 0 Å². The summed E-state index contributed by atoms with van der Waals surface area (Å²) < 4.78 is 5.46. The molecule has 2 aliphatic heterocycles. The molecule has 0 N–H and O–H groups in total. The van der Waals surface area contributed by atoms with Gasteiger partial charge in [-0.05, 0) is 24.9 Å². The van der Waals surface area contributed by atoms with Gasteiger partial charge < -0.3 is 14.5 Å². The van der Waals surface area contributed by atoms with Gasteiger partial charge in [-0.1, -0.05) is 18.2 Å². The summed E-state index contributed by atoms with van der Waals surface area (Å²) in [4.78, 5) is 15.5. The van der Waals surface area contributed by atoms with Crippen molar-refractivity contribution in [3.63, 3.8) is 0 Å². The maximum absolute atomic E-state index is 6.02. The lowest BCUT2D eigenvalue weighted by Crippen LogP contribution is -2.49. The summed E-state index contributed by atoms with van der Waals surface area (Å²) in [7, 11) is 1.49. The Morgan fingerprint density at radius 2 is 2.35 bits per heavy atom. The Kier molecular flexibility index (Phi) is 5.14. The lowest BCUT2D eigenvalue weighted by atomic mass is 10.1. The second kappa shape index (κ2) is 6.85. The summed E-state index contributed by atoms with van der Waals surface area (Å²) in [5.74, 6) is 1.25. The van der Waals surface area contributed by atoms with Crippen molar-refractivity contribution < 1.29 is 9.57 Å². The number of halogens is 1. The zero-order valence-electron chi connectivity index (χ0n) is 12.0. The zero-order chi connectivity index (χ0) is 14.5. The van der Waals surface area contributed by atoms with E-state index in [4.69, 9.17) is 21.2 Å². The molecule has 2 rings (SSSR count). The largest absolute Gasteiger partial charge is 0.397 e. The molecule has 0 aliphatic carbocycles. The lowest BCUT2D eigenvalue weighted by molar-refractivity contribution is 0.0335. The van der Waals surface area contributed by atoms with Crippen molar-refractivity contribution in [1.82, 2.24) is 4.90 Å². The van der Waals surface area contributed by atoms with Crippen LogP contribution in [-0.4, -0.2) is 54.8 Å². The highest BCUT2D eigenvalue weighted by Gasteiger charge is 2.29. The number of oxime groups is 1. The van der Waals surface area contributed by atoms with Crippen molar-refractivity contribution in [2.24, 2.45) is 15.1 Å². The quantitative estimate of drug-likeness (QED) is 0.579. The summed E-state index contributed by atoms with van der Waals surface area (Å²) in [6.07, 6.45) is 2.88. The van der Waals surface area contributed by atoms with Crippen molar-refractivity contribution in [1.29, 1.82) is 0 Å². The number of ether oxygens (including phenoxy) is 1. The molecular formula is C13H19ClN4O2. The Bertz CT molecular complexity index is 485. The van der Waals surface area contributed by atoms with Crippen LogP contribution in [0.5, 0.6) is 0 Å². The van der Waals surface area contributed by atoms with Gasteiger partial charge in [-0.15, -0.1) is 0 Å². The maximum Gasteiger partial charge on any atom is 0.226 e. The van der Waals surface area contributed by atoms with Gasteiger partial charge in [0.25, 0.3) is 0 Å². The molecule has 0 aromatic heterocycles. The van der Waals surface area contributed by atoms with Crippen LogP contribution in [0.4, 0.5) is 0 Å². The summed E-state index contributed by atoms with van der Waals surface area (Å²) in [6.45, 7) is 6.26. The van der Waals surface area contributed by atoms with Crippen LogP contribution in [0.2, 0.25) is 0 Å². The Morgan fingerprint density at radius 1 is 1.55 bits per heavy atom. The first-order valence-electron chi connectivity index (χ1n) is 6.66. The van der Waals surface area contributed by atoms with E-state index in [1.165, 1.54) is 7.11 Å². The normalized spacial score (nSPS) is 27.6. The second-order valence-electron chi connectivity index (χ2n) is 4.56. The van der Waals surface area contributed by atoms with Gasteiger partial charge in [0.2, 0.25) is 11.1 Å². The van der Waals surface area contributed by atoms with Crippen molar-refractivity contribution >= 4 is 28.6 Å². The molecule has 0 bridgehead atoms. The molecule has 1 saturated heterocycles. The Morgan fingerprint density at radius 3 is 3.00 bits per heavy atom. The van der Waals surface area contributed by atoms with Gasteiger partial charge in [0.1, 0.15) is 12.9 Å². The molecule has 1 fully saturated rings. The smallest absolute Gasteiger partial charge is 0.226 e. The number of aliphatic imine (C=N–C) groups is 2. The predicted molar refractivity (Wildman–Crippen MR) is 80.5 cm³/mol. The van der Waals surface area contributed by atoms with E-state index < -0.39 is 0 Å². The molecule has 0 amide bonds. The molecule has 2 heterocycles. The van der Waals surface area contributed by atoms with E-state index in [0.29, 0.717) is 19.0 Å². The molecule has 20 heavy (non-hydrogen) atoms. The number of allylic oxidation sites excluding steroid dienone is 1. The molecule has 0 unspecified atom stereocenters. The predicted octanol–water partition coefficient (Wildman–Crippen LogP) is 2.01. The molecule has 0 spiro atoms. The fourth-order valence-electron chi connectivity index (χ4n) is 2.22. The number of amidine groups is 3. The van der Waals surface area contributed by atoms with Gasteiger partial charge in [0, 0.05) is 6.54 Å². The summed E-state index contributed by atoms with van der Waals surface area (Å²) in [6, 6.07) is 0.231. The average molecular weight is 299 g/mol. The summed E-state index contributed by atoms with van der Waals surface area (Å²) in [5.41, 5.74) is 0.854. The molecule has 6 nitrogen and oxygen atoms in total. The van der Waals surface area contributed by atoms with E-state index in [1.807, 2.05) is 6.08 Å². The van der Waals surface area contributed by atoms with Gasteiger partial charge in [-0.2, -0.15) is 9.98 Å². The molecule has 110 valence electrons. The second-order valence-corrected chi connectivity index (χ2v) is 4.90. The number of hydrogen-bond donors (Lipinski definition) is 0. The number of nitrogens with zero attached hydrogens (tertiary/aromatic N) is 4. The van der Waals surface area contributed by atoms with Crippen LogP contribution in [0.25, 0.3) is 0 Å². The van der Waals surface area contributed by atoms with E-state index in [-0.39, 0.29) is 11.3 Å². The molecule has 0 saturated carbocycles. The number of hydrogen-bond acceptors (Lipinski definition) is 5. The van der Waals surface area contributed by atoms with E-state index >= 15 is 0 Å². The minimum absolute atomic E-state index is 0.169. The van der Waals surface area contributed by atoms with Crippen LogP contribution in [0, 0.1) is 0 Å². The first-order valence-corrected chi connectivity index (χ1v) is 7.04. The molecular weight excluding hydrogens is 280 g/mol. The van der Waals surface area contributed by atoms with Gasteiger partial charge >= 0.3 is 0 Å². The SMILES string of the molecule is CC/C=C1/C(N2CCOC[C@@H]2C)=NC(Cl)=N/C1=N/OC. The standard InChI is InChI=1S/C13H19ClN4O2/c1-4-5-10-11(17-19-3)15-13(14)16-12(10)18-6-7-20-8-9(18)2/h5,9H,4,6-8H2,1-3H3/b10-5+,17-11+/t9-/m0/s1. The lowest BCUT2D eigenvalue weighted by Gasteiger charge is -2.37. The molecule has 7 heteroatoms. The minimum atomic E-state index is 0.169. The Hall–Kier alpha value is -1.40. The van der Waals surface area contributed by atoms with E-state index in [1.54, 1.807) is 0 Å². The van der Waals surface area contributed by atoms with Gasteiger partial charge in [0.05, 0.1) is 24.8 Å². The molecule has 0 aromatic rings. The minimum Gasteiger partial charge on any atom is -0.397 e. The first-order chi connectivity index (χ1) is 9.67. The van der Waals surface area contributed by atoms with Crippen LogP contribution < -0.4 is 0 Å². The van der Waals surface area contributed by atoms with E-state index in [0.717, 1.165) is 24.4 Å². The monoisotopic (exact) mass is 298 g/mol. The number of morpholine rings is 1. The Balaban J connectivity index is 2.39. The van der Waals surface area contributed by atoms with E-state index in [2.05, 4.69) is 33.9 Å². The third-order valence-corrected chi connectivity index (χ3v) is 3.27. The molecule has 1 atom stereocenters. The highest BCUT2D eigenvalue weighted by Crippen LogP contribution is 2.19. The van der Waals surface area contributed by atoms with Crippen molar-refractivity contribution in [2.45, 2.75) is 26.3 Å². The average Bonchev–Trinajstić information content (AvgIpc) is 2.42. The highest BCUT2D eigenvalue weighted by molar-refractivity contribution is 6.67. The van der Waals surface area contributed by atoms with Crippen molar-refractivity contribution in [3.05, 3.63) is 11.6 Å². The number of rotatable bonds is 2. The van der Waals surface area contributed by atoms with Crippen LogP contribution in [0.1, 0.15) is 20.3 Å². The fraction of sp³-hybridized carbons (Fsp3) is 0.615.